The third-order valence-corrected chi connectivity index (χ3v) is 3.12. The van der Waals surface area contributed by atoms with Gasteiger partial charge in [-0.3, -0.25) is 5.10 Å². The minimum Gasteiger partial charge on any atom is -0.507 e. The molecule has 3 rings (SSSR count). The monoisotopic (exact) mass is 250 g/mol. The highest BCUT2D eigenvalue weighted by molar-refractivity contribution is 5.71. The van der Waals surface area contributed by atoms with Crippen molar-refractivity contribution in [3.63, 3.8) is 0 Å². The van der Waals surface area contributed by atoms with Crippen LogP contribution in [0.2, 0.25) is 0 Å². The van der Waals surface area contributed by atoms with E-state index in [-0.39, 0.29) is 5.75 Å². The average Bonchev–Trinajstić information content (AvgIpc) is 2.89. The van der Waals surface area contributed by atoms with E-state index in [0.29, 0.717) is 0 Å². The number of para-hydroxylation sites is 1. The minimum atomic E-state index is 0.251. The number of rotatable bonds is 2. The quantitative estimate of drug-likeness (QED) is 0.727. The molecular formula is C16H14N2O. The largest absolute Gasteiger partial charge is 0.507 e. The first-order chi connectivity index (χ1) is 9.24. The molecule has 0 saturated heterocycles. The number of aryl methyl sites for hydroxylation is 1. The van der Waals surface area contributed by atoms with Crippen LogP contribution < -0.4 is 0 Å². The highest BCUT2D eigenvalue weighted by atomic mass is 16.3. The van der Waals surface area contributed by atoms with Crippen LogP contribution in [0.5, 0.6) is 5.75 Å². The van der Waals surface area contributed by atoms with Crippen molar-refractivity contribution in [3.05, 3.63) is 60.2 Å². The van der Waals surface area contributed by atoms with Crippen molar-refractivity contribution < 1.29 is 5.11 Å². The van der Waals surface area contributed by atoms with Gasteiger partial charge in [0, 0.05) is 11.1 Å². The molecule has 0 atom stereocenters. The molecule has 3 heteroatoms. The predicted molar refractivity (Wildman–Crippen MR) is 75.9 cm³/mol. The van der Waals surface area contributed by atoms with Gasteiger partial charge in [0.05, 0.1) is 11.4 Å². The molecule has 0 bridgehead atoms. The Hall–Kier alpha value is -2.55. The Balaban J connectivity index is 2.00. The van der Waals surface area contributed by atoms with Crippen LogP contribution in [0.15, 0.2) is 54.6 Å². The van der Waals surface area contributed by atoms with Gasteiger partial charge in [-0.05, 0) is 25.1 Å². The fourth-order valence-corrected chi connectivity index (χ4v) is 2.03. The fraction of sp³-hybridized carbons (Fsp3) is 0.0625. The fourth-order valence-electron chi connectivity index (χ4n) is 2.03. The lowest BCUT2D eigenvalue weighted by molar-refractivity contribution is 0.477. The van der Waals surface area contributed by atoms with E-state index in [1.54, 1.807) is 12.1 Å². The second-order valence-electron chi connectivity index (χ2n) is 4.55. The molecule has 2 aromatic carbocycles. The van der Waals surface area contributed by atoms with Crippen LogP contribution >= 0.6 is 0 Å². The van der Waals surface area contributed by atoms with Gasteiger partial charge in [-0.2, -0.15) is 5.10 Å². The molecule has 1 heterocycles. The van der Waals surface area contributed by atoms with E-state index in [1.807, 2.05) is 30.3 Å². The van der Waals surface area contributed by atoms with Crippen molar-refractivity contribution in [2.24, 2.45) is 0 Å². The molecule has 1 aromatic heterocycles. The Morgan fingerprint density at radius 3 is 2.47 bits per heavy atom. The molecule has 3 aromatic rings. The van der Waals surface area contributed by atoms with Gasteiger partial charge in [-0.15, -0.1) is 0 Å². The number of phenols is 1. The zero-order valence-corrected chi connectivity index (χ0v) is 10.6. The molecule has 0 spiro atoms. The van der Waals surface area contributed by atoms with Gasteiger partial charge in [0.2, 0.25) is 0 Å². The summed E-state index contributed by atoms with van der Waals surface area (Å²) < 4.78 is 0. The molecule has 0 amide bonds. The maximum atomic E-state index is 9.83. The van der Waals surface area contributed by atoms with Crippen LogP contribution in [0.1, 0.15) is 5.56 Å². The molecular weight excluding hydrogens is 236 g/mol. The van der Waals surface area contributed by atoms with E-state index in [0.717, 1.165) is 22.5 Å². The van der Waals surface area contributed by atoms with Gasteiger partial charge in [-0.25, -0.2) is 0 Å². The van der Waals surface area contributed by atoms with Gasteiger partial charge in [0.1, 0.15) is 5.75 Å². The second kappa shape index (κ2) is 4.61. The molecule has 0 radical (unpaired) electrons. The zero-order chi connectivity index (χ0) is 13.2. The Labute approximate surface area is 111 Å². The molecule has 0 aliphatic carbocycles. The topological polar surface area (TPSA) is 48.9 Å². The SMILES string of the molecule is Cc1ccc(-c2cc(-c3ccccc3O)[nH]n2)cc1. The van der Waals surface area contributed by atoms with E-state index < -0.39 is 0 Å². The lowest BCUT2D eigenvalue weighted by Crippen LogP contribution is -1.78. The van der Waals surface area contributed by atoms with Crippen molar-refractivity contribution >= 4 is 0 Å². The number of hydrogen-bond acceptors (Lipinski definition) is 2. The summed E-state index contributed by atoms with van der Waals surface area (Å²) in [5.74, 6) is 0.251. The van der Waals surface area contributed by atoms with E-state index in [4.69, 9.17) is 0 Å². The summed E-state index contributed by atoms with van der Waals surface area (Å²) in [5.41, 5.74) is 4.73. The number of aromatic nitrogens is 2. The number of H-pyrrole nitrogens is 1. The summed E-state index contributed by atoms with van der Waals surface area (Å²) in [6, 6.07) is 17.4. The van der Waals surface area contributed by atoms with Crippen molar-refractivity contribution in [2.45, 2.75) is 6.92 Å². The maximum Gasteiger partial charge on any atom is 0.124 e. The van der Waals surface area contributed by atoms with Gasteiger partial charge in [0.25, 0.3) is 0 Å². The normalized spacial score (nSPS) is 10.6. The number of phenolic OH excluding ortho intramolecular Hbond substituents is 1. The van der Waals surface area contributed by atoms with Gasteiger partial charge in [0.15, 0.2) is 0 Å². The highest BCUT2D eigenvalue weighted by Crippen LogP contribution is 2.29. The van der Waals surface area contributed by atoms with Crippen LogP contribution in [0.4, 0.5) is 0 Å². The number of aromatic amines is 1. The van der Waals surface area contributed by atoms with Crippen molar-refractivity contribution in [1.82, 2.24) is 10.2 Å². The lowest BCUT2D eigenvalue weighted by Gasteiger charge is -1.99. The third kappa shape index (κ3) is 2.22. The Bertz CT molecular complexity index is 699. The molecule has 3 nitrogen and oxygen atoms in total. The summed E-state index contributed by atoms with van der Waals surface area (Å²) in [6.45, 7) is 2.06. The standard InChI is InChI=1S/C16H14N2O/c1-11-6-8-12(9-7-11)14-10-15(18-17-14)13-4-2-3-5-16(13)19/h2-10,19H,1H3,(H,17,18). The van der Waals surface area contributed by atoms with Gasteiger partial charge in [-0.1, -0.05) is 42.0 Å². The van der Waals surface area contributed by atoms with E-state index >= 15 is 0 Å². The van der Waals surface area contributed by atoms with Crippen LogP contribution in [-0.4, -0.2) is 15.3 Å². The first-order valence-electron chi connectivity index (χ1n) is 6.15. The van der Waals surface area contributed by atoms with Crippen LogP contribution in [0, 0.1) is 6.92 Å². The molecule has 0 unspecified atom stereocenters. The van der Waals surface area contributed by atoms with Gasteiger partial charge < -0.3 is 5.11 Å². The van der Waals surface area contributed by atoms with Crippen LogP contribution in [-0.2, 0) is 0 Å². The number of hydrogen-bond donors (Lipinski definition) is 2. The zero-order valence-electron chi connectivity index (χ0n) is 10.6. The number of nitrogens with zero attached hydrogens (tertiary/aromatic N) is 1. The summed E-state index contributed by atoms with van der Waals surface area (Å²) >= 11 is 0. The first-order valence-corrected chi connectivity index (χ1v) is 6.15. The third-order valence-electron chi connectivity index (χ3n) is 3.12. The summed E-state index contributed by atoms with van der Waals surface area (Å²) in [6.07, 6.45) is 0. The number of aromatic hydroxyl groups is 1. The molecule has 0 saturated carbocycles. The number of benzene rings is 2. The summed E-state index contributed by atoms with van der Waals surface area (Å²) in [7, 11) is 0. The number of nitrogens with one attached hydrogen (secondary N) is 1. The first kappa shape index (κ1) is 11.5. The Kier molecular flexibility index (Phi) is 2.80. The lowest BCUT2D eigenvalue weighted by atomic mass is 10.1. The molecule has 2 N–H and O–H groups in total. The molecule has 0 aliphatic heterocycles. The molecule has 0 fully saturated rings. The van der Waals surface area contributed by atoms with E-state index in [1.165, 1.54) is 5.56 Å². The van der Waals surface area contributed by atoms with E-state index in [2.05, 4.69) is 29.3 Å². The average molecular weight is 250 g/mol. The summed E-state index contributed by atoms with van der Waals surface area (Å²) in [4.78, 5) is 0. The highest BCUT2D eigenvalue weighted by Gasteiger charge is 2.08. The maximum absolute atomic E-state index is 9.83. The van der Waals surface area contributed by atoms with E-state index in [9.17, 15) is 5.11 Å². The second-order valence-corrected chi connectivity index (χ2v) is 4.55. The van der Waals surface area contributed by atoms with Crippen LogP contribution in [0.3, 0.4) is 0 Å². The van der Waals surface area contributed by atoms with Crippen molar-refractivity contribution in [2.75, 3.05) is 0 Å². The van der Waals surface area contributed by atoms with Crippen molar-refractivity contribution in [3.8, 4) is 28.3 Å². The van der Waals surface area contributed by atoms with Crippen molar-refractivity contribution in [1.29, 1.82) is 0 Å². The summed E-state index contributed by atoms with van der Waals surface area (Å²) in [5, 5.41) is 17.1. The smallest absolute Gasteiger partial charge is 0.124 e. The molecule has 94 valence electrons. The molecule has 19 heavy (non-hydrogen) atoms. The molecule has 0 aliphatic rings. The predicted octanol–water partition coefficient (Wildman–Crippen LogP) is 3.76. The van der Waals surface area contributed by atoms with Gasteiger partial charge >= 0.3 is 0 Å². The minimum absolute atomic E-state index is 0.251. The van der Waals surface area contributed by atoms with Crippen LogP contribution in [0.25, 0.3) is 22.5 Å². The Morgan fingerprint density at radius 1 is 1.00 bits per heavy atom. The Morgan fingerprint density at radius 2 is 1.74 bits per heavy atom.